The van der Waals surface area contributed by atoms with Crippen molar-refractivity contribution in [1.29, 1.82) is 0 Å². The second-order valence-corrected chi connectivity index (χ2v) is 12.1. The highest BCUT2D eigenvalue weighted by molar-refractivity contribution is 6.03. The zero-order chi connectivity index (χ0) is 33.2. The lowest BCUT2D eigenvalue weighted by atomic mass is 9.95. The van der Waals surface area contributed by atoms with Gasteiger partial charge in [-0.05, 0) is 55.7 Å². The monoisotopic (exact) mass is 635 g/mol. The molecule has 8 nitrogen and oxygen atoms in total. The molecule has 0 radical (unpaired) electrons. The van der Waals surface area contributed by atoms with Crippen LogP contribution in [0.4, 0.5) is 28.9 Å². The highest BCUT2D eigenvalue weighted by atomic mass is 19.1. The molecule has 2 atom stereocenters. The van der Waals surface area contributed by atoms with Crippen LogP contribution in [0, 0.1) is 24.4 Å². The molecule has 2 aliphatic rings. The van der Waals surface area contributed by atoms with Crippen LogP contribution in [0.15, 0.2) is 54.0 Å². The standard InChI is InChI=1S/C34H33F4N5O3/c1-6-25(45)41-15-20-14-40(16-35)33-32(42(20)13-19(41)5)21-12-23(37)27(26-22(36)8-7-9-24(26)44)28(38)31(21)43(34(33)46)30-18(4)10-11-39-29(30)17(2)3/h6-12,17,19-20,44H,1,13-16H2,2-5H3. The molecule has 2 aliphatic heterocycles. The number of aromatic hydroxyl groups is 1. The van der Waals surface area contributed by atoms with E-state index in [0.29, 0.717) is 11.3 Å². The van der Waals surface area contributed by atoms with Gasteiger partial charge in [-0.15, -0.1) is 0 Å². The molecule has 0 saturated carbocycles. The normalized spacial score (nSPS) is 17.8. The van der Waals surface area contributed by atoms with E-state index >= 15 is 13.2 Å². The Labute approximate surface area is 262 Å². The minimum absolute atomic E-state index is 0.0209. The number of anilines is 2. The lowest BCUT2D eigenvalue weighted by molar-refractivity contribution is -0.128. The Morgan fingerprint density at radius 1 is 1.09 bits per heavy atom. The van der Waals surface area contributed by atoms with Crippen molar-refractivity contribution >= 4 is 28.2 Å². The number of hydrogen-bond donors (Lipinski definition) is 1. The highest BCUT2D eigenvalue weighted by Gasteiger charge is 2.43. The summed E-state index contributed by atoms with van der Waals surface area (Å²) in [6.07, 6.45) is 2.75. The second-order valence-electron chi connectivity index (χ2n) is 12.1. The summed E-state index contributed by atoms with van der Waals surface area (Å²) in [5.74, 6) is -4.79. The minimum atomic E-state index is -1.28. The number of piperazine rings is 1. The van der Waals surface area contributed by atoms with Gasteiger partial charge in [-0.1, -0.05) is 26.5 Å². The summed E-state index contributed by atoms with van der Waals surface area (Å²) < 4.78 is 64.5. The maximum atomic E-state index is 17.2. The number of phenolic OH excluding ortho intramolecular Hbond substituents is 1. The third-order valence-corrected chi connectivity index (χ3v) is 8.95. The number of rotatable bonds is 5. The molecule has 1 N–H and O–H groups in total. The lowest BCUT2D eigenvalue weighted by Gasteiger charge is -2.51. The predicted molar refractivity (Wildman–Crippen MR) is 169 cm³/mol. The second kappa shape index (κ2) is 11.5. The van der Waals surface area contributed by atoms with Crippen molar-refractivity contribution in [3.63, 3.8) is 0 Å². The van der Waals surface area contributed by atoms with E-state index in [1.165, 1.54) is 17.0 Å². The van der Waals surface area contributed by atoms with E-state index in [0.717, 1.165) is 22.8 Å². The number of aromatic nitrogens is 2. The topological polar surface area (TPSA) is 81.9 Å². The van der Waals surface area contributed by atoms with Crippen LogP contribution in [-0.4, -0.2) is 64.0 Å². The summed E-state index contributed by atoms with van der Waals surface area (Å²) in [5, 5.41) is 10.5. The predicted octanol–water partition coefficient (Wildman–Crippen LogP) is 5.95. The number of halogens is 4. The van der Waals surface area contributed by atoms with Gasteiger partial charge in [-0.3, -0.25) is 19.1 Å². The zero-order valence-corrected chi connectivity index (χ0v) is 25.8. The Morgan fingerprint density at radius 2 is 1.83 bits per heavy atom. The molecule has 6 rings (SSSR count). The Bertz CT molecular complexity index is 1960. The van der Waals surface area contributed by atoms with Crippen molar-refractivity contribution in [1.82, 2.24) is 14.5 Å². The number of nitrogens with zero attached hydrogens (tertiary/aromatic N) is 5. The quantitative estimate of drug-likeness (QED) is 0.166. The van der Waals surface area contributed by atoms with E-state index in [9.17, 15) is 19.1 Å². The molecule has 4 aromatic rings. The maximum Gasteiger partial charge on any atom is 0.281 e. The van der Waals surface area contributed by atoms with Gasteiger partial charge < -0.3 is 19.8 Å². The van der Waals surface area contributed by atoms with Gasteiger partial charge in [0.1, 0.15) is 23.1 Å². The van der Waals surface area contributed by atoms with Crippen molar-refractivity contribution in [3.8, 4) is 22.6 Å². The number of hydrogen-bond acceptors (Lipinski definition) is 6. The van der Waals surface area contributed by atoms with Crippen LogP contribution < -0.4 is 15.4 Å². The molecule has 2 unspecified atom stereocenters. The van der Waals surface area contributed by atoms with Gasteiger partial charge in [0.25, 0.3) is 5.56 Å². The fraction of sp³-hybridized carbons (Fsp3) is 0.324. The van der Waals surface area contributed by atoms with Crippen LogP contribution in [0.1, 0.15) is 37.9 Å². The highest BCUT2D eigenvalue weighted by Crippen LogP contribution is 2.46. The third kappa shape index (κ3) is 4.61. The van der Waals surface area contributed by atoms with Crippen LogP contribution in [0.5, 0.6) is 5.75 Å². The molecule has 1 saturated heterocycles. The van der Waals surface area contributed by atoms with E-state index in [4.69, 9.17) is 0 Å². The SMILES string of the molecule is C=CC(=O)N1CC2CN(CF)c3c(c4cc(F)c(-c5c(O)cccc5F)c(F)c4n(-c4c(C)ccnc4C(C)C)c3=O)N2CC1C. The van der Waals surface area contributed by atoms with Gasteiger partial charge in [0.05, 0.1) is 39.8 Å². The first kappa shape index (κ1) is 31.1. The lowest BCUT2D eigenvalue weighted by Crippen LogP contribution is -2.64. The van der Waals surface area contributed by atoms with E-state index in [1.54, 1.807) is 35.9 Å². The van der Waals surface area contributed by atoms with E-state index < -0.39 is 52.7 Å². The molecule has 0 aliphatic carbocycles. The van der Waals surface area contributed by atoms with E-state index in [1.807, 2.05) is 13.8 Å². The summed E-state index contributed by atoms with van der Waals surface area (Å²) in [6, 6.07) is 5.00. The fourth-order valence-corrected chi connectivity index (χ4v) is 6.85. The van der Waals surface area contributed by atoms with Crippen molar-refractivity contribution in [2.24, 2.45) is 0 Å². The summed E-state index contributed by atoms with van der Waals surface area (Å²) in [4.78, 5) is 36.5. The summed E-state index contributed by atoms with van der Waals surface area (Å²) in [6.45, 7) is 10.0. The number of phenols is 1. The molecule has 1 amide bonds. The van der Waals surface area contributed by atoms with Crippen molar-refractivity contribution in [2.75, 3.05) is 36.2 Å². The summed E-state index contributed by atoms with van der Waals surface area (Å²) in [5.41, 5.74) is -1.47. The van der Waals surface area contributed by atoms with E-state index in [-0.39, 0.29) is 65.5 Å². The largest absolute Gasteiger partial charge is 0.507 e. The fourth-order valence-electron chi connectivity index (χ4n) is 6.85. The van der Waals surface area contributed by atoms with Crippen LogP contribution in [0.25, 0.3) is 27.7 Å². The summed E-state index contributed by atoms with van der Waals surface area (Å²) in [7, 11) is 0. The smallest absolute Gasteiger partial charge is 0.281 e. The molecule has 1 fully saturated rings. The number of benzene rings is 2. The number of carbonyl (C=O) groups excluding carboxylic acids is 1. The van der Waals surface area contributed by atoms with Gasteiger partial charge in [0.2, 0.25) is 5.91 Å². The average Bonchev–Trinajstić information content (AvgIpc) is 3.01. The van der Waals surface area contributed by atoms with Crippen LogP contribution in [0.3, 0.4) is 0 Å². The number of carbonyl (C=O) groups is 1. The molecular formula is C34H33F4N5O3. The molecule has 0 bridgehead atoms. The molecule has 240 valence electrons. The molecule has 12 heteroatoms. The zero-order valence-electron chi connectivity index (χ0n) is 25.8. The Kier molecular flexibility index (Phi) is 7.77. The number of alkyl halides is 1. The summed E-state index contributed by atoms with van der Waals surface area (Å²) >= 11 is 0. The number of pyridine rings is 2. The molecular weight excluding hydrogens is 602 g/mol. The van der Waals surface area contributed by atoms with E-state index in [2.05, 4.69) is 11.6 Å². The number of amides is 1. The molecule has 2 aromatic carbocycles. The average molecular weight is 636 g/mol. The van der Waals surface area contributed by atoms with Crippen molar-refractivity contribution in [3.05, 3.63) is 88.2 Å². The first-order valence-electron chi connectivity index (χ1n) is 15.0. The first-order valence-corrected chi connectivity index (χ1v) is 15.0. The van der Waals surface area contributed by atoms with Crippen LogP contribution >= 0.6 is 0 Å². The van der Waals surface area contributed by atoms with Crippen LogP contribution in [-0.2, 0) is 4.79 Å². The first-order chi connectivity index (χ1) is 21.9. The Hall–Kier alpha value is -4.87. The van der Waals surface area contributed by atoms with Gasteiger partial charge in [-0.25, -0.2) is 17.6 Å². The molecule has 4 heterocycles. The number of aryl methyl sites for hydroxylation is 1. The Balaban J connectivity index is 1.79. The van der Waals surface area contributed by atoms with Crippen molar-refractivity contribution < 1.29 is 27.5 Å². The van der Waals surface area contributed by atoms with Crippen LogP contribution in [0.2, 0.25) is 0 Å². The molecule has 2 aromatic heterocycles. The van der Waals surface area contributed by atoms with Gasteiger partial charge >= 0.3 is 0 Å². The number of fused-ring (bicyclic) bond motifs is 5. The van der Waals surface area contributed by atoms with Gasteiger partial charge in [-0.2, -0.15) is 0 Å². The molecule has 46 heavy (non-hydrogen) atoms. The third-order valence-electron chi connectivity index (χ3n) is 8.95. The maximum absolute atomic E-state index is 17.2. The Morgan fingerprint density at radius 3 is 2.48 bits per heavy atom. The van der Waals surface area contributed by atoms with Crippen molar-refractivity contribution in [2.45, 2.75) is 45.7 Å². The molecule has 0 spiro atoms. The van der Waals surface area contributed by atoms with Gasteiger partial charge in [0.15, 0.2) is 12.6 Å². The minimum Gasteiger partial charge on any atom is -0.507 e. The van der Waals surface area contributed by atoms with Gasteiger partial charge in [0, 0.05) is 37.3 Å².